The number of aldehydes is 1. The maximum Gasteiger partial charge on any atom is 0.196 e. The number of carbonyl (C=O) groups is 1. The molecule has 0 aliphatic heterocycles. The maximum absolute atomic E-state index is 12.8. The highest BCUT2D eigenvalue weighted by Crippen LogP contribution is 2.36. The monoisotopic (exact) mass is 185 g/mol. The second-order valence-corrected chi connectivity index (χ2v) is 2.36. The standard InChI is InChI=1S/C8H8FNO3/c1-13-8-6(10)4(3-11)2-5(9)7(8)12/h2-3,12H,10H2,1H3. The second kappa shape index (κ2) is 3.30. The van der Waals surface area contributed by atoms with Gasteiger partial charge in [-0.05, 0) is 6.07 Å². The van der Waals surface area contributed by atoms with Crippen molar-refractivity contribution < 1.29 is 19.0 Å². The predicted molar refractivity (Wildman–Crippen MR) is 44.4 cm³/mol. The van der Waals surface area contributed by atoms with Crippen molar-refractivity contribution in [1.82, 2.24) is 0 Å². The van der Waals surface area contributed by atoms with E-state index in [1.54, 1.807) is 0 Å². The van der Waals surface area contributed by atoms with Gasteiger partial charge in [0.1, 0.15) is 0 Å². The van der Waals surface area contributed by atoms with Crippen molar-refractivity contribution in [3.05, 3.63) is 17.4 Å². The number of benzene rings is 1. The molecular weight excluding hydrogens is 177 g/mol. The normalized spacial score (nSPS) is 9.69. The summed E-state index contributed by atoms with van der Waals surface area (Å²) in [6.07, 6.45) is 0.389. The molecule has 4 nitrogen and oxygen atoms in total. The molecule has 0 atom stereocenters. The summed E-state index contributed by atoms with van der Waals surface area (Å²) in [5.41, 5.74) is 5.27. The first-order chi connectivity index (χ1) is 6.11. The Balaban J connectivity index is 3.47. The molecule has 0 aromatic heterocycles. The molecule has 0 spiro atoms. The van der Waals surface area contributed by atoms with Gasteiger partial charge >= 0.3 is 0 Å². The highest BCUT2D eigenvalue weighted by Gasteiger charge is 2.15. The van der Waals surface area contributed by atoms with Crippen LogP contribution in [0.3, 0.4) is 0 Å². The van der Waals surface area contributed by atoms with Crippen molar-refractivity contribution in [2.45, 2.75) is 0 Å². The van der Waals surface area contributed by atoms with Gasteiger partial charge in [0.25, 0.3) is 0 Å². The van der Waals surface area contributed by atoms with Gasteiger partial charge in [-0.2, -0.15) is 0 Å². The molecule has 5 heteroatoms. The zero-order valence-corrected chi connectivity index (χ0v) is 6.87. The topological polar surface area (TPSA) is 72.5 Å². The Hall–Kier alpha value is -1.78. The number of methoxy groups -OCH3 is 1. The van der Waals surface area contributed by atoms with Gasteiger partial charge in [0.2, 0.25) is 0 Å². The van der Waals surface area contributed by atoms with Gasteiger partial charge in [0.15, 0.2) is 23.6 Å². The number of rotatable bonds is 2. The van der Waals surface area contributed by atoms with Gasteiger partial charge in [0.05, 0.1) is 12.8 Å². The summed E-state index contributed by atoms with van der Waals surface area (Å²) in [4.78, 5) is 10.4. The molecule has 0 heterocycles. The van der Waals surface area contributed by atoms with Crippen LogP contribution in [0.4, 0.5) is 10.1 Å². The average Bonchev–Trinajstić information content (AvgIpc) is 2.12. The molecule has 70 valence electrons. The van der Waals surface area contributed by atoms with Crippen molar-refractivity contribution in [2.75, 3.05) is 12.8 Å². The van der Waals surface area contributed by atoms with Crippen LogP contribution in [0, 0.1) is 5.82 Å². The summed E-state index contributed by atoms with van der Waals surface area (Å²) < 4.78 is 17.5. The lowest BCUT2D eigenvalue weighted by molar-refractivity contribution is 0.112. The molecule has 0 amide bonds. The predicted octanol–water partition coefficient (Wildman–Crippen LogP) is 0.935. The molecule has 13 heavy (non-hydrogen) atoms. The second-order valence-electron chi connectivity index (χ2n) is 2.36. The van der Waals surface area contributed by atoms with Crippen LogP contribution >= 0.6 is 0 Å². The number of hydrogen-bond donors (Lipinski definition) is 2. The fourth-order valence-electron chi connectivity index (χ4n) is 0.954. The summed E-state index contributed by atoms with van der Waals surface area (Å²) in [7, 11) is 1.22. The first kappa shape index (κ1) is 9.31. The SMILES string of the molecule is COc1c(N)c(C=O)cc(F)c1O. The number of phenolic OH excluding ortho intramolecular Hbond substituents is 1. The Morgan fingerprint density at radius 1 is 1.69 bits per heavy atom. The van der Waals surface area contributed by atoms with Crippen molar-refractivity contribution >= 4 is 12.0 Å². The lowest BCUT2D eigenvalue weighted by Gasteiger charge is -2.08. The maximum atomic E-state index is 12.8. The third-order valence-corrected chi connectivity index (χ3v) is 1.61. The van der Waals surface area contributed by atoms with Crippen molar-refractivity contribution in [3.8, 4) is 11.5 Å². The van der Waals surface area contributed by atoms with Crippen LogP contribution in [0.5, 0.6) is 11.5 Å². The van der Waals surface area contributed by atoms with Gasteiger partial charge in [-0.1, -0.05) is 0 Å². The molecule has 0 bridgehead atoms. The van der Waals surface area contributed by atoms with Crippen LogP contribution in [-0.2, 0) is 0 Å². The number of carbonyl (C=O) groups excluding carboxylic acids is 1. The highest BCUT2D eigenvalue weighted by atomic mass is 19.1. The van der Waals surface area contributed by atoms with Crippen molar-refractivity contribution in [3.63, 3.8) is 0 Å². The van der Waals surface area contributed by atoms with Crippen LogP contribution in [0.25, 0.3) is 0 Å². The van der Waals surface area contributed by atoms with E-state index < -0.39 is 11.6 Å². The van der Waals surface area contributed by atoms with E-state index in [9.17, 15) is 9.18 Å². The number of halogens is 1. The quantitative estimate of drug-likeness (QED) is 0.531. The van der Waals surface area contributed by atoms with Crippen LogP contribution in [0.1, 0.15) is 10.4 Å². The fourth-order valence-corrected chi connectivity index (χ4v) is 0.954. The average molecular weight is 185 g/mol. The zero-order chi connectivity index (χ0) is 10.0. The fraction of sp³-hybridized carbons (Fsp3) is 0.125. The Morgan fingerprint density at radius 3 is 2.77 bits per heavy atom. The molecule has 0 saturated carbocycles. The Morgan fingerprint density at radius 2 is 2.31 bits per heavy atom. The molecule has 0 unspecified atom stereocenters. The number of ether oxygens (including phenoxy) is 1. The molecule has 0 aliphatic carbocycles. The highest BCUT2D eigenvalue weighted by molar-refractivity contribution is 5.87. The smallest absolute Gasteiger partial charge is 0.196 e. The first-order valence-electron chi connectivity index (χ1n) is 3.42. The third-order valence-electron chi connectivity index (χ3n) is 1.61. The summed E-state index contributed by atoms with van der Waals surface area (Å²) in [6, 6.07) is 0.847. The summed E-state index contributed by atoms with van der Waals surface area (Å²) in [5, 5.41) is 9.10. The molecule has 0 saturated heterocycles. The minimum absolute atomic E-state index is 0.0489. The molecule has 1 aromatic carbocycles. The number of anilines is 1. The number of aromatic hydroxyl groups is 1. The Bertz CT molecular complexity index is 352. The van der Waals surface area contributed by atoms with Gasteiger partial charge in [-0.25, -0.2) is 4.39 Å². The van der Waals surface area contributed by atoms with Crippen LogP contribution in [-0.4, -0.2) is 18.5 Å². The summed E-state index contributed by atoms with van der Waals surface area (Å²) in [5.74, 6) is -1.85. The molecule has 1 rings (SSSR count). The van der Waals surface area contributed by atoms with E-state index in [1.165, 1.54) is 7.11 Å². The van der Waals surface area contributed by atoms with Crippen LogP contribution < -0.4 is 10.5 Å². The molecule has 1 aromatic rings. The minimum atomic E-state index is -0.937. The molecule has 0 aliphatic rings. The lowest BCUT2D eigenvalue weighted by Crippen LogP contribution is -1.99. The van der Waals surface area contributed by atoms with Gasteiger partial charge in [-0.3, -0.25) is 4.79 Å². The molecule has 0 fully saturated rings. The van der Waals surface area contributed by atoms with E-state index in [1.807, 2.05) is 0 Å². The minimum Gasteiger partial charge on any atom is -0.502 e. The summed E-state index contributed by atoms with van der Waals surface area (Å²) in [6.45, 7) is 0. The van der Waals surface area contributed by atoms with Crippen LogP contribution in [0.2, 0.25) is 0 Å². The molecule has 3 N–H and O–H groups in total. The molecule has 0 radical (unpaired) electrons. The van der Waals surface area contributed by atoms with Gasteiger partial charge in [0, 0.05) is 5.56 Å². The van der Waals surface area contributed by atoms with E-state index in [-0.39, 0.29) is 17.0 Å². The van der Waals surface area contributed by atoms with Crippen LogP contribution in [0.15, 0.2) is 6.07 Å². The van der Waals surface area contributed by atoms with E-state index in [0.717, 1.165) is 6.07 Å². The number of hydrogen-bond acceptors (Lipinski definition) is 4. The largest absolute Gasteiger partial charge is 0.502 e. The summed E-state index contributed by atoms with van der Waals surface area (Å²) >= 11 is 0. The van der Waals surface area contributed by atoms with Gasteiger partial charge < -0.3 is 15.6 Å². The third kappa shape index (κ3) is 1.40. The van der Waals surface area contributed by atoms with Crippen molar-refractivity contribution in [1.29, 1.82) is 0 Å². The lowest BCUT2D eigenvalue weighted by atomic mass is 10.1. The Labute approximate surface area is 73.7 Å². The van der Waals surface area contributed by atoms with Crippen molar-refractivity contribution in [2.24, 2.45) is 0 Å². The first-order valence-corrected chi connectivity index (χ1v) is 3.42. The molecular formula is C8H8FNO3. The van der Waals surface area contributed by atoms with E-state index in [0.29, 0.717) is 6.29 Å². The number of nitrogen functional groups attached to an aromatic ring is 1. The van der Waals surface area contributed by atoms with E-state index in [2.05, 4.69) is 4.74 Å². The zero-order valence-electron chi connectivity index (χ0n) is 6.87. The Kier molecular flexibility index (Phi) is 2.36. The number of phenols is 1. The van der Waals surface area contributed by atoms with Gasteiger partial charge in [-0.15, -0.1) is 0 Å². The van der Waals surface area contributed by atoms with E-state index in [4.69, 9.17) is 10.8 Å². The van der Waals surface area contributed by atoms with E-state index >= 15 is 0 Å². The number of nitrogens with two attached hydrogens (primary N) is 1.